The van der Waals surface area contributed by atoms with Gasteiger partial charge in [0.2, 0.25) is 6.29 Å². The molecule has 0 saturated carbocycles. The number of hydrogen-bond donors (Lipinski definition) is 5. The van der Waals surface area contributed by atoms with Crippen molar-refractivity contribution in [1.29, 1.82) is 0 Å². The van der Waals surface area contributed by atoms with Crippen LogP contribution in [0.15, 0.2) is 0 Å². The molecule has 8 heteroatoms. The number of aliphatic hydroxyl groups is 4. The smallest absolute Gasteiger partial charge is 0.200 e. The highest BCUT2D eigenvalue weighted by molar-refractivity contribution is 8.66. The molecule has 0 unspecified atom stereocenters. The number of ether oxygens (including phenoxy) is 1. The molecular formula is C6H12O6S2. The van der Waals surface area contributed by atoms with Crippen molar-refractivity contribution in [2.24, 2.45) is 0 Å². The molecule has 0 aromatic rings. The van der Waals surface area contributed by atoms with Crippen molar-refractivity contribution in [3.05, 3.63) is 0 Å². The van der Waals surface area contributed by atoms with Gasteiger partial charge in [-0.05, 0) is 0 Å². The van der Waals surface area contributed by atoms with Crippen molar-refractivity contribution in [3.63, 3.8) is 0 Å². The molecule has 0 amide bonds. The highest BCUT2D eigenvalue weighted by Crippen LogP contribution is 2.25. The molecule has 1 aliphatic heterocycles. The lowest BCUT2D eigenvalue weighted by Gasteiger charge is -2.38. The van der Waals surface area contributed by atoms with E-state index in [-0.39, 0.29) is 0 Å². The zero-order valence-corrected chi connectivity index (χ0v) is 8.77. The fraction of sp³-hybridized carbons (Fsp3) is 1.00. The van der Waals surface area contributed by atoms with E-state index < -0.39 is 37.3 Å². The Hall–Kier alpha value is 0.460. The van der Waals surface area contributed by atoms with Gasteiger partial charge in [0.1, 0.15) is 24.4 Å². The van der Waals surface area contributed by atoms with Crippen molar-refractivity contribution in [2.45, 2.75) is 30.7 Å². The SMILES string of the molecule is OC[C@H]1O[C@H](OSS)[C@@H](O)[C@@H](O)[C@@H]1O. The molecule has 0 aromatic carbocycles. The minimum Gasteiger partial charge on any atom is -0.394 e. The largest absolute Gasteiger partial charge is 0.394 e. The van der Waals surface area contributed by atoms with Crippen LogP contribution in [-0.4, -0.2) is 57.7 Å². The highest BCUT2D eigenvalue weighted by atomic mass is 33.1. The Kier molecular flexibility index (Phi) is 4.94. The molecule has 0 bridgehead atoms. The van der Waals surface area contributed by atoms with Gasteiger partial charge in [-0.1, -0.05) is 11.7 Å². The Morgan fingerprint density at radius 1 is 1.21 bits per heavy atom. The molecule has 4 N–H and O–H groups in total. The summed E-state index contributed by atoms with van der Waals surface area (Å²) in [6.07, 6.45) is -6.20. The predicted octanol–water partition coefficient (Wildman–Crippen LogP) is -1.70. The van der Waals surface area contributed by atoms with E-state index >= 15 is 0 Å². The van der Waals surface area contributed by atoms with Crippen LogP contribution in [0.4, 0.5) is 0 Å². The molecule has 1 fully saturated rings. The van der Waals surface area contributed by atoms with Crippen LogP contribution >= 0.6 is 22.7 Å². The van der Waals surface area contributed by atoms with E-state index in [1.807, 2.05) is 0 Å². The molecule has 1 rings (SSSR count). The van der Waals surface area contributed by atoms with Crippen LogP contribution < -0.4 is 0 Å². The van der Waals surface area contributed by atoms with Crippen LogP contribution in [0.1, 0.15) is 0 Å². The van der Waals surface area contributed by atoms with Gasteiger partial charge in [0.05, 0.1) is 17.7 Å². The topological polar surface area (TPSA) is 99.4 Å². The Balaban J connectivity index is 2.63. The van der Waals surface area contributed by atoms with Gasteiger partial charge in [0.25, 0.3) is 0 Å². The zero-order chi connectivity index (χ0) is 10.7. The van der Waals surface area contributed by atoms with Crippen molar-refractivity contribution in [3.8, 4) is 0 Å². The van der Waals surface area contributed by atoms with Crippen LogP contribution in [0.5, 0.6) is 0 Å². The molecule has 6 nitrogen and oxygen atoms in total. The molecule has 0 aliphatic carbocycles. The van der Waals surface area contributed by atoms with Crippen molar-refractivity contribution in [2.75, 3.05) is 6.61 Å². The third kappa shape index (κ3) is 2.52. The summed E-state index contributed by atoms with van der Waals surface area (Å²) in [7, 11) is 0. The van der Waals surface area contributed by atoms with Gasteiger partial charge < -0.3 is 25.2 Å². The molecular weight excluding hydrogens is 232 g/mol. The minimum absolute atomic E-state index is 0.470. The maximum atomic E-state index is 9.36. The summed E-state index contributed by atoms with van der Waals surface area (Å²) in [4.78, 5) is 0. The fourth-order valence-corrected chi connectivity index (χ4v) is 1.69. The number of hydrogen-bond acceptors (Lipinski definition) is 8. The van der Waals surface area contributed by atoms with Crippen LogP contribution in [0.25, 0.3) is 0 Å². The molecule has 1 aliphatic rings. The van der Waals surface area contributed by atoms with E-state index in [0.717, 1.165) is 0 Å². The first-order valence-corrected chi connectivity index (χ1v) is 5.68. The lowest BCUT2D eigenvalue weighted by atomic mass is 10.00. The molecule has 0 aromatic heterocycles. The summed E-state index contributed by atoms with van der Waals surface area (Å²) >= 11 is 4.34. The fourth-order valence-electron chi connectivity index (χ4n) is 1.19. The van der Waals surface area contributed by atoms with Crippen LogP contribution in [0, 0.1) is 0 Å². The molecule has 0 spiro atoms. The minimum atomic E-state index is -1.41. The van der Waals surface area contributed by atoms with Crippen molar-refractivity contribution < 1.29 is 29.3 Å². The van der Waals surface area contributed by atoms with Crippen LogP contribution in [-0.2, 0) is 8.92 Å². The van der Waals surface area contributed by atoms with Crippen molar-refractivity contribution in [1.82, 2.24) is 0 Å². The molecule has 1 heterocycles. The monoisotopic (exact) mass is 244 g/mol. The van der Waals surface area contributed by atoms with Crippen LogP contribution in [0.3, 0.4) is 0 Å². The summed E-state index contributed by atoms with van der Waals surface area (Å²) in [6.45, 7) is -0.470. The molecule has 0 radical (unpaired) electrons. The highest BCUT2D eigenvalue weighted by Gasteiger charge is 2.44. The van der Waals surface area contributed by atoms with E-state index in [9.17, 15) is 15.3 Å². The third-order valence-electron chi connectivity index (χ3n) is 1.99. The first-order valence-electron chi connectivity index (χ1n) is 3.89. The normalized spacial score (nSPS) is 43.9. The maximum Gasteiger partial charge on any atom is 0.200 e. The Morgan fingerprint density at radius 3 is 2.36 bits per heavy atom. The molecule has 14 heavy (non-hydrogen) atoms. The van der Waals surface area contributed by atoms with Crippen LogP contribution in [0.2, 0.25) is 0 Å². The third-order valence-corrected chi connectivity index (χ3v) is 2.52. The second-order valence-corrected chi connectivity index (χ2v) is 3.66. The predicted molar refractivity (Wildman–Crippen MR) is 51.4 cm³/mol. The summed E-state index contributed by atoms with van der Waals surface area (Å²) in [5, 5.41) is 36.8. The second-order valence-electron chi connectivity index (χ2n) is 2.87. The second kappa shape index (κ2) is 5.52. The average Bonchev–Trinajstić information content (AvgIpc) is 2.19. The number of aliphatic hydroxyl groups excluding tert-OH is 4. The van der Waals surface area contributed by atoms with Gasteiger partial charge in [-0.15, -0.1) is 0 Å². The number of thiol groups is 1. The van der Waals surface area contributed by atoms with Gasteiger partial charge in [-0.25, -0.2) is 0 Å². The van der Waals surface area contributed by atoms with E-state index in [1.54, 1.807) is 0 Å². The molecule has 84 valence electrons. The zero-order valence-electron chi connectivity index (χ0n) is 7.05. The first-order chi connectivity index (χ1) is 6.61. The van der Waals surface area contributed by atoms with E-state index in [2.05, 4.69) is 11.7 Å². The summed E-state index contributed by atoms with van der Waals surface area (Å²) in [5.74, 6) is 0. The summed E-state index contributed by atoms with van der Waals surface area (Å²) < 4.78 is 9.74. The summed E-state index contributed by atoms with van der Waals surface area (Å²) in [6, 6.07) is 0. The van der Waals surface area contributed by atoms with E-state index in [0.29, 0.717) is 11.1 Å². The van der Waals surface area contributed by atoms with Gasteiger partial charge in [0, 0.05) is 0 Å². The van der Waals surface area contributed by atoms with E-state index in [1.165, 1.54) is 0 Å². The Labute approximate surface area is 89.8 Å². The Bertz CT molecular complexity index is 178. The average molecular weight is 244 g/mol. The standard InChI is InChI=1S/C6H12O6S2/c7-1-2-3(8)4(9)5(10)6(11-2)12-14-13/h2-10,13H,1H2/t2-,3-,4+,5+,6-/m1/s1. The van der Waals surface area contributed by atoms with Gasteiger partial charge in [-0.2, -0.15) is 0 Å². The lowest BCUT2D eigenvalue weighted by Crippen LogP contribution is -2.58. The van der Waals surface area contributed by atoms with Gasteiger partial charge >= 0.3 is 0 Å². The summed E-state index contributed by atoms with van der Waals surface area (Å²) in [5.41, 5.74) is 0. The lowest BCUT2D eigenvalue weighted by molar-refractivity contribution is -0.274. The van der Waals surface area contributed by atoms with E-state index in [4.69, 9.17) is 14.0 Å². The quantitative estimate of drug-likeness (QED) is 0.229. The van der Waals surface area contributed by atoms with Gasteiger partial charge in [0.15, 0.2) is 0 Å². The number of rotatable bonds is 3. The molecule has 1 saturated heterocycles. The molecule has 5 atom stereocenters. The first kappa shape index (κ1) is 12.5. The van der Waals surface area contributed by atoms with Gasteiger partial charge in [-0.3, -0.25) is 4.18 Å². The maximum absolute atomic E-state index is 9.36. The Morgan fingerprint density at radius 2 is 1.86 bits per heavy atom. The van der Waals surface area contributed by atoms with Crippen molar-refractivity contribution >= 4 is 22.7 Å².